The van der Waals surface area contributed by atoms with Gasteiger partial charge in [-0.05, 0) is 25.3 Å². The first-order valence-corrected chi connectivity index (χ1v) is 5.34. The molecular formula is C10H21N5. The minimum absolute atomic E-state index is 0.492. The molecule has 5 nitrogen and oxygen atoms in total. The van der Waals surface area contributed by atoms with Gasteiger partial charge in [0.2, 0.25) is 5.96 Å². The van der Waals surface area contributed by atoms with Gasteiger partial charge in [-0.15, -0.1) is 0 Å². The molecule has 0 radical (unpaired) electrons. The van der Waals surface area contributed by atoms with Crippen molar-refractivity contribution in [2.75, 3.05) is 19.6 Å². The van der Waals surface area contributed by atoms with E-state index in [1.165, 1.54) is 0 Å². The van der Waals surface area contributed by atoms with Crippen LogP contribution in [0.4, 0.5) is 0 Å². The molecule has 0 heterocycles. The van der Waals surface area contributed by atoms with Crippen LogP contribution in [0, 0.1) is 17.4 Å². The fourth-order valence-corrected chi connectivity index (χ4v) is 0.943. The molecule has 86 valence electrons. The van der Waals surface area contributed by atoms with Crippen LogP contribution in [0.1, 0.15) is 26.7 Å². The molecule has 0 bridgehead atoms. The minimum Gasteiger partial charge on any atom is -0.356 e. The number of unbranched alkanes of at least 4 members (excludes halogenated alkanes) is 1. The number of guanidine groups is 1. The average molecular weight is 211 g/mol. The molecule has 0 aromatic heterocycles. The quantitative estimate of drug-likeness (QED) is 0.195. The Hall–Kier alpha value is -1.28. The summed E-state index contributed by atoms with van der Waals surface area (Å²) in [5.74, 6) is 1.05. The smallest absolute Gasteiger partial charge is 0.204 e. The molecule has 0 saturated heterocycles. The van der Waals surface area contributed by atoms with Gasteiger partial charge in [-0.25, -0.2) is 0 Å². The molecule has 0 aromatic carbocycles. The molecule has 0 amide bonds. The van der Waals surface area contributed by atoms with Crippen LogP contribution in [0.25, 0.3) is 0 Å². The van der Waals surface area contributed by atoms with E-state index < -0.39 is 0 Å². The van der Waals surface area contributed by atoms with Crippen LogP contribution in [-0.4, -0.2) is 25.6 Å². The maximum atomic E-state index is 8.50. The molecule has 0 aromatic rings. The Kier molecular flexibility index (Phi) is 8.49. The Labute approximate surface area is 91.8 Å². The van der Waals surface area contributed by atoms with Crippen molar-refractivity contribution in [3.05, 3.63) is 0 Å². The number of nitrogens with zero attached hydrogens (tertiary/aromatic N) is 2. The first kappa shape index (κ1) is 13.7. The number of hydrogen-bond donors (Lipinski definition) is 3. The zero-order valence-corrected chi connectivity index (χ0v) is 9.58. The van der Waals surface area contributed by atoms with Crippen molar-refractivity contribution < 1.29 is 0 Å². The fourth-order valence-electron chi connectivity index (χ4n) is 0.943. The third kappa shape index (κ3) is 9.03. The Morgan fingerprint density at radius 3 is 2.73 bits per heavy atom. The van der Waals surface area contributed by atoms with Gasteiger partial charge in [0.1, 0.15) is 0 Å². The van der Waals surface area contributed by atoms with Gasteiger partial charge in [-0.2, -0.15) is 5.26 Å². The average Bonchev–Trinajstić information content (AvgIpc) is 2.20. The second-order valence-corrected chi connectivity index (χ2v) is 3.74. The second-order valence-electron chi connectivity index (χ2n) is 3.74. The summed E-state index contributed by atoms with van der Waals surface area (Å²) in [4.78, 5) is 4.25. The molecule has 4 N–H and O–H groups in total. The number of nitriles is 1. The summed E-state index contributed by atoms with van der Waals surface area (Å²) < 4.78 is 0. The minimum atomic E-state index is 0.492. The van der Waals surface area contributed by atoms with Crippen LogP contribution in [0.3, 0.4) is 0 Å². The first-order chi connectivity index (χ1) is 7.20. The fraction of sp³-hybridized carbons (Fsp3) is 0.800. The van der Waals surface area contributed by atoms with Gasteiger partial charge >= 0.3 is 0 Å². The Balaban J connectivity index is 3.83. The molecule has 15 heavy (non-hydrogen) atoms. The summed E-state index contributed by atoms with van der Waals surface area (Å²) in [6, 6.07) is 0. The summed E-state index contributed by atoms with van der Waals surface area (Å²) >= 11 is 0. The van der Waals surface area contributed by atoms with Gasteiger partial charge < -0.3 is 11.1 Å². The molecule has 0 aliphatic carbocycles. The van der Waals surface area contributed by atoms with Gasteiger partial charge in [0.25, 0.3) is 0 Å². The van der Waals surface area contributed by atoms with E-state index in [4.69, 9.17) is 11.0 Å². The number of rotatable bonds is 6. The molecule has 0 saturated carbocycles. The van der Waals surface area contributed by atoms with E-state index in [1.807, 2.05) is 6.19 Å². The van der Waals surface area contributed by atoms with Gasteiger partial charge in [0.05, 0.1) is 0 Å². The Morgan fingerprint density at radius 2 is 2.20 bits per heavy atom. The number of nitrogens with one attached hydrogen (secondary N) is 2. The van der Waals surface area contributed by atoms with Crippen molar-refractivity contribution in [2.24, 2.45) is 16.6 Å². The van der Waals surface area contributed by atoms with Crippen LogP contribution in [0.5, 0.6) is 0 Å². The highest BCUT2D eigenvalue weighted by Crippen LogP contribution is 1.91. The topological polar surface area (TPSA) is 86.2 Å². The normalized spacial score (nSPS) is 11.3. The highest BCUT2D eigenvalue weighted by Gasteiger charge is 1.97. The Bertz CT molecular complexity index is 216. The summed E-state index contributed by atoms with van der Waals surface area (Å²) in [5.41, 5.74) is 5.38. The van der Waals surface area contributed by atoms with E-state index in [2.05, 4.69) is 29.5 Å². The van der Waals surface area contributed by atoms with Gasteiger partial charge in [-0.1, -0.05) is 13.8 Å². The highest BCUT2D eigenvalue weighted by atomic mass is 15.2. The van der Waals surface area contributed by atoms with Crippen molar-refractivity contribution in [1.82, 2.24) is 10.6 Å². The number of aliphatic imine (C=N–C) groups is 1. The maximum absolute atomic E-state index is 8.50. The molecule has 5 heteroatoms. The van der Waals surface area contributed by atoms with E-state index in [-0.39, 0.29) is 0 Å². The molecule has 0 rings (SSSR count). The first-order valence-electron chi connectivity index (χ1n) is 5.34. The van der Waals surface area contributed by atoms with E-state index in [1.54, 1.807) is 0 Å². The molecule has 0 spiro atoms. The number of hydrogen-bond acceptors (Lipinski definition) is 3. The van der Waals surface area contributed by atoms with E-state index in [0.29, 0.717) is 25.0 Å². The highest BCUT2D eigenvalue weighted by molar-refractivity contribution is 5.81. The summed E-state index contributed by atoms with van der Waals surface area (Å²) in [7, 11) is 0. The van der Waals surface area contributed by atoms with Gasteiger partial charge in [-0.3, -0.25) is 10.3 Å². The van der Waals surface area contributed by atoms with E-state index in [0.717, 1.165) is 19.4 Å². The van der Waals surface area contributed by atoms with Crippen molar-refractivity contribution in [2.45, 2.75) is 26.7 Å². The largest absolute Gasteiger partial charge is 0.356 e. The lowest BCUT2D eigenvalue weighted by Gasteiger charge is -2.08. The lowest BCUT2D eigenvalue weighted by molar-refractivity contribution is 0.655. The van der Waals surface area contributed by atoms with E-state index >= 15 is 0 Å². The predicted molar refractivity (Wildman–Crippen MR) is 62.2 cm³/mol. The standard InChI is InChI=1S/C10H21N5/c1-9(2)7-14-10(15-8-12)13-6-4-3-5-11/h9H,3-7,11H2,1-2H3,(H2,13,14,15). The molecular weight excluding hydrogens is 190 g/mol. The summed E-state index contributed by atoms with van der Waals surface area (Å²) in [6.45, 7) is 6.38. The molecule has 0 aliphatic rings. The van der Waals surface area contributed by atoms with Crippen molar-refractivity contribution in [1.29, 1.82) is 5.26 Å². The zero-order valence-electron chi connectivity index (χ0n) is 9.58. The van der Waals surface area contributed by atoms with Crippen molar-refractivity contribution >= 4 is 5.96 Å². The molecule has 0 unspecified atom stereocenters. The van der Waals surface area contributed by atoms with Crippen LogP contribution >= 0.6 is 0 Å². The van der Waals surface area contributed by atoms with E-state index in [9.17, 15) is 0 Å². The maximum Gasteiger partial charge on any atom is 0.204 e. The molecule has 0 fully saturated rings. The monoisotopic (exact) mass is 211 g/mol. The van der Waals surface area contributed by atoms with Crippen LogP contribution in [-0.2, 0) is 0 Å². The SMILES string of the molecule is CC(C)CN=C(NC#N)NCCCCN. The zero-order chi connectivity index (χ0) is 11.5. The van der Waals surface area contributed by atoms with Gasteiger partial charge in [0.15, 0.2) is 6.19 Å². The summed E-state index contributed by atoms with van der Waals surface area (Å²) in [6.07, 6.45) is 3.84. The third-order valence-electron chi connectivity index (χ3n) is 1.71. The molecule has 0 aliphatic heterocycles. The van der Waals surface area contributed by atoms with Crippen LogP contribution < -0.4 is 16.4 Å². The predicted octanol–water partition coefficient (Wildman–Crippen LogP) is 0.398. The number of nitrogens with two attached hydrogens (primary N) is 1. The van der Waals surface area contributed by atoms with Crippen LogP contribution in [0.15, 0.2) is 4.99 Å². The lowest BCUT2D eigenvalue weighted by atomic mass is 10.2. The Morgan fingerprint density at radius 1 is 1.47 bits per heavy atom. The second kappa shape index (κ2) is 9.28. The third-order valence-corrected chi connectivity index (χ3v) is 1.71. The van der Waals surface area contributed by atoms with Crippen LogP contribution in [0.2, 0.25) is 0 Å². The summed E-state index contributed by atoms with van der Waals surface area (Å²) in [5, 5.41) is 14.1. The van der Waals surface area contributed by atoms with Gasteiger partial charge in [0, 0.05) is 13.1 Å². The molecule has 0 atom stereocenters. The lowest BCUT2D eigenvalue weighted by Crippen LogP contribution is -2.35. The van der Waals surface area contributed by atoms with Crippen molar-refractivity contribution in [3.8, 4) is 6.19 Å². The van der Waals surface area contributed by atoms with Crippen molar-refractivity contribution in [3.63, 3.8) is 0 Å².